The fourth-order valence-corrected chi connectivity index (χ4v) is 2.99. The first-order chi connectivity index (χ1) is 13.5. The lowest BCUT2D eigenvalue weighted by atomic mass is 10.2. The fourth-order valence-electron chi connectivity index (χ4n) is 2.99. The zero-order valence-corrected chi connectivity index (χ0v) is 15.1. The summed E-state index contributed by atoms with van der Waals surface area (Å²) in [6.07, 6.45) is 1.63. The number of aromatic nitrogens is 2. The van der Waals surface area contributed by atoms with E-state index in [1.165, 1.54) is 22.8 Å². The van der Waals surface area contributed by atoms with E-state index in [0.29, 0.717) is 22.6 Å². The second kappa shape index (κ2) is 7.15. The van der Waals surface area contributed by atoms with Crippen molar-refractivity contribution in [3.63, 3.8) is 0 Å². The summed E-state index contributed by atoms with van der Waals surface area (Å²) >= 11 is 0. The molecule has 0 saturated carbocycles. The second-order valence-electron chi connectivity index (χ2n) is 6.50. The molecule has 0 aliphatic heterocycles. The number of pyridine rings is 2. The summed E-state index contributed by atoms with van der Waals surface area (Å²) in [5.41, 5.74) is 2.38. The molecule has 0 amide bonds. The molecule has 0 N–H and O–H groups in total. The van der Waals surface area contributed by atoms with Crippen molar-refractivity contribution in [1.29, 1.82) is 0 Å². The number of ether oxygens (including phenoxy) is 1. The molecule has 0 saturated heterocycles. The number of halogens is 1. The molecule has 0 bridgehead atoms. The Morgan fingerprint density at radius 2 is 1.82 bits per heavy atom. The summed E-state index contributed by atoms with van der Waals surface area (Å²) < 4.78 is 20.9. The van der Waals surface area contributed by atoms with Crippen molar-refractivity contribution in [3.05, 3.63) is 106 Å². The lowest BCUT2D eigenvalue weighted by Gasteiger charge is -2.10. The van der Waals surface area contributed by atoms with Crippen LogP contribution in [0.4, 0.5) is 4.39 Å². The molecule has 0 aliphatic carbocycles. The molecular formula is C22H17FN2O3. The zero-order valence-electron chi connectivity index (χ0n) is 15.1. The highest BCUT2D eigenvalue weighted by Crippen LogP contribution is 2.17. The van der Waals surface area contributed by atoms with Crippen LogP contribution in [0.2, 0.25) is 0 Å². The van der Waals surface area contributed by atoms with Gasteiger partial charge in [-0.05, 0) is 42.0 Å². The van der Waals surface area contributed by atoms with E-state index in [4.69, 9.17) is 4.74 Å². The first-order valence-electron chi connectivity index (χ1n) is 8.74. The number of hydrogen-bond acceptors (Lipinski definition) is 3. The van der Waals surface area contributed by atoms with Gasteiger partial charge in [0.25, 0.3) is 5.56 Å². The van der Waals surface area contributed by atoms with Gasteiger partial charge in [0.1, 0.15) is 18.2 Å². The minimum Gasteiger partial charge on any atom is -0.618 e. The second-order valence-corrected chi connectivity index (χ2v) is 6.50. The molecule has 0 atom stereocenters. The summed E-state index contributed by atoms with van der Waals surface area (Å²) in [6, 6.07) is 17.9. The first kappa shape index (κ1) is 17.7. The molecular weight excluding hydrogens is 359 g/mol. The van der Waals surface area contributed by atoms with Gasteiger partial charge in [0.2, 0.25) is 5.52 Å². The molecule has 0 unspecified atom stereocenters. The predicted octanol–water partition coefficient (Wildman–Crippen LogP) is 3.65. The smallest absolute Gasteiger partial charge is 0.258 e. The molecule has 0 spiro atoms. The van der Waals surface area contributed by atoms with Gasteiger partial charge in [-0.25, -0.2) is 4.39 Å². The van der Waals surface area contributed by atoms with Crippen LogP contribution in [-0.4, -0.2) is 4.57 Å². The van der Waals surface area contributed by atoms with Gasteiger partial charge in [0, 0.05) is 42.4 Å². The number of nitrogens with zero attached hydrogens (tertiary/aromatic N) is 2. The largest absolute Gasteiger partial charge is 0.618 e. The maximum Gasteiger partial charge on any atom is 0.258 e. The Hall–Kier alpha value is -3.67. The minimum absolute atomic E-state index is 0.239. The van der Waals surface area contributed by atoms with Gasteiger partial charge in [0.15, 0.2) is 5.69 Å². The van der Waals surface area contributed by atoms with Crippen molar-refractivity contribution in [2.24, 2.45) is 0 Å². The standard InChI is InChI=1S/C22H17FN2O3/c1-15-2-5-17-12-19(8-9-21(17)25(15)27)24-11-10-20(13-22(24)26)28-14-16-3-6-18(23)7-4-16/h2-13H,14H2,1H3. The molecule has 2 heterocycles. The van der Waals surface area contributed by atoms with E-state index in [0.717, 1.165) is 15.7 Å². The van der Waals surface area contributed by atoms with Crippen LogP contribution in [0.5, 0.6) is 5.75 Å². The minimum atomic E-state index is -0.306. The number of benzene rings is 2. The van der Waals surface area contributed by atoms with E-state index in [9.17, 15) is 14.4 Å². The van der Waals surface area contributed by atoms with Gasteiger partial charge in [-0.1, -0.05) is 12.1 Å². The maximum atomic E-state index is 12.9. The van der Waals surface area contributed by atoms with Gasteiger partial charge in [-0.15, -0.1) is 0 Å². The quantitative estimate of drug-likeness (QED) is 0.404. The summed E-state index contributed by atoms with van der Waals surface area (Å²) in [5.74, 6) is 0.124. The Balaban J connectivity index is 1.59. The monoisotopic (exact) mass is 376 g/mol. The summed E-state index contributed by atoms with van der Waals surface area (Å²) in [6.45, 7) is 1.98. The van der Waals surface area contributed by atoms with Crippen LogP contribution in [0.3, 0.4) is 0 Å². The van der Waals surface area contributed by atoms with Crippen molar-refractivity contribution in [3.8, 4) is 11.4 Å². The molecule has 0 aliphatic rings. The lowest BCUT2D eigenvalue weighted by molar-refractivity contribution is -0.584. The Morgan fingerprint density at radius 1 is 1.04 bits per heavy atom. The summed E-state index contributed by atoms with van der Waals surface area (Å²) in [4.78, 5) is 12.5. The first-order valence-corrected chi connectivity index (χ1v) is 8.74. The number of hydrogen-bond donors (Lipinski definition) is 0. The normalized spacial score (nSPS) is 10.9. The average molecular weight is 376 g/mol. The van der Waals surface area contributed by atoms with E-state index < -0.39 is 0 Å². The molecule has 2 aromatic heterocycles. The molecule has 0 radical (unpaired) electrons. The molecule has 4 aromatic rings. The third-order valence-electron chi connectivity index (χ3n) is 4.54. The van der Waals surface area contributed by atoms with Gasteiger partial charge in [-0.2, -0.15) is 4.73 Å². The number of rotatable bonds is 4. The maximum absolute atomic E-state index is 12.9. The SMILES string of the molecule is Cc1ccc2cc(-n3ccc(OCc4ccc(F)cc4)cc3=O)ccc2[n+]1[O-]. The van der Waals surface area contributed by atoms with Gasteiger partial charge in [-0.3, -0.25) is 9.36 Å². The molecule has 5 nitrogen and oxygen atoms in total. The van der Waals surface area contributed by atoms with Crippen molar-refractivity contribution in [2.45, 2.75) is 13.5 Å². The molecule has 140 valence electrons. The number of fused-ring (bicyclic) bond motifs is 1. The Morgan fingerprint density at radius 3 is 2.57 bits per heavy atom. The van der Waals surface area contributed by atoms with Crippen molar-refractivity contribution in [1.82, 2.24) is 4.57 Å². The highest BCUT2D eigenvalue weighted by atomic mass is 19.1. The lowest BCUT2D eigenvalue weighted by Crippen LogP contribution is -2.30. The van der Waals surface area contributed by atoms with E-state index in [2.05, 4.69) is 0 Å². The zero-order chi connectivity index (χ0) is 19.7. The number of aryl methyl sites for hydroxylation is 1. The highest BCUT2D eigenvalue weighted by molar-refractivity contribution is 5.78. The Bertz CT molecular complexity index is 1220. The summed E-state index contributed by atoms with van der Waals surface area (Å²) in [5, 5.41) is 12.9. The van der Waals surface area contributed by atoms with Crippen LogP contribution in [0.1, 0.15) is 11.3 Å². The van der Waals surface area contributed by atoms with Crippen LogP contribution in [0.25, 0.3) is 16.6 Å². The predicted molar refractivity (Wildman–Crippen MR) is 104 cm³/mol. The van der Waals surface area contributed by atoms with E-state index >= 15 is 0 Å². The van der Waals surface area contributed by atoms with Crippen molar-refractivity contribution < 1.29 is 13.9 Å². The van der Waals surface area contributed by atoms with Gasteiger partial charge >= 0.3 is 0 Å². The van der Waals surface area contributed by atoms with Crippen molar-refractivity contribution >= 4 is 10.9 Å². The average Bonchev–Trinajstić information content (AvgIpc) is 2.70. The highest BCUT2D eigenvalue weighted by Gasteiger charge is 2.09. The van der Waals surface area contributed by atoms with Crippen LogP contribution in [0, 0.1) is 17.9 Å². The van der Waals surface area contributed by atoms with Gasteiger partial charge in [0.05, 0.1) is 0 Å². The van der Waals surface area contributed by atoms with Crippen LogP contribution >= 0.6 is 0 Å². The fraction of sp³-hybridized carbons (Fsp3) is 0.0909. The van der Waals surface area contributed by atoms with Crippen molar-refractivity contribution in [2.75, 3.05) is 0 Å². The van der Waals surface area contributed by atoms with E-state index in [1.54, 1.807) is 55.6 Å². The third kappa shape index (κ3) is 3.44. The van der Waals surface area contributed by atoms with E-state index in [-0.39, 0.29) is 18.0 Å². The molecule has 28 heavy (non-hydrogen) atoms. The molecule has 0 fully saturated rings. The summed E-state index contributed by atoms with van der Waals surface area (Å²) in [7, 11) is 0. The Labute approximate surface area is 160 Å². The Kier molecular flexibility index (Phi) is 4.53. The van der Waals surface area contributed by atoms with Crippen LogP contribution in [0.15, 0.2) is 77.7 Å². The molecule has 6 heteroatoms. The third-order valence-corrected chi connectivity index (χ3v) is 4.54. The van der Waals surface area contributed by atoms with Gasteiger partial charge < -0.3 is 9.94 Å². The van der Waals surface area contributed by atoms with Crippen LogP contribution < -0.4 is 15.0 Å². The topological polar surface area (TPSA) is 58.2 Å². The van der Waals surface area contributed by atoms with E-state index in [1.807, 2.05) is 6.07 Å². The van der Waals surface area contributed by atoms with Crippen LogP contribution in [-0.2, 0) is 6.61 Å². The molecule has 4 rings (SSSR count). The molecule has 2 aromatic carbocycles.